The van der Waals surface area contributed by atoms with Gasteiger partial charge in [0.1, 0.15) is 17.2 Å². The smallest absolute Gasteiger partial charge is 0.283 e. The molecule has 0 aliphatic carbocycles. The van der Waals surface area contributed by atoms with E-state index in [1.165, 1.54) is 6.21 Å². The number of nitrogens with one attached hydrogen (secondary N) is 1. The average molecular weight is 449 g/mol. The molecular weight excluding hydrogens is 431 g/mol. The molecule has 150 valence electrons. The predicted octanol–water partition coefficient (Wildman–Crippen LogP) is 4.94. The Kier molecular flexibility index (Phi) is 7.09. The van der Waals surface area contributed by atoms with Crippen molar-refractivity contribution in [3.05, 3.63) is 74.2 Å². The zero-order valence-corrected chi connectivity index (χ0v) is 17.8. The van der Waals surface area contributed by atoms with Crippen molar-refractivity contribution in [3.63, 3.8) is 0 Å². The lowest BCUT2D eigenvalue weighted by Crippen LogP contribution is -2.17. The Morgan fingerprint density at radius 3 is 2.72 bits per heavy atom. The van der Waals surface area contributed by atoms with Gasteiger partial charge in [-0.05, 0) is 36.2 Å². The number of amides is 1. The molecule has 3 N–H and O–H groups in total. The van der Waals surface area contributed by atoms with Crippen LogP contribution >= 0.6 is 34.5 Å². The first-order valence-corrected chi connectivity index (χ1v) is 10.3. The third-order valence-electron chi connectivity index (χ3n) is 3.94. The minimum absolute atomic E-state index is 0.239. The summed E-state index contributed by atoms with van der Waals surface area (Å²) in [5.41, 5.74) is 10.3. The molecule has 0 radical (unpaired) electrons. The summed E-state index contributed by atoms with van der Waals surface area (Å²) >= 11 is 13.5. The fourth-order valence-corrected chi connectivity index (χ4v) is 3.83. The van der Waals surface area contributed by atoms with Gasteiger partial charge in [0.05, 0.1) is 11.9 Å². The number of carbonyl (C=O) groups excluding carboxylic acids is 1. The SMILES string of the molecule is CCc1nc(N)sc1C(=O)NN=Cc1cccc(OCc2c(Cl)cccc2Cl)c1. The number of nitrogens with two attached hydrogens (primary N) is 1. The van der Waals surface area contributed by atoms with Gasteiger partial charge in [0, 0.05) is 15.6 Å². The second-order valence-corrected chi connectivity index (χ2v) is 7.79. The number of ether oxygens (including phenoxy) is 1. The number of rotatable bonds is 7. The number of aryl methyl sites for hydroxylation is 1. The van der Waals surface area contributed by atoms with E-state index in [1.807, 2.05) is 25.1 Å². The number of hydrogen-bond donors (Lipinski definition) is 2. The van der Waals surface area contributed by atoms with E-state index in [9.17, 15) is 4.79 Å². The molecule has 0 aliphatic heterocycles. The summed E-state index contributed by atoms with van der Waals surface area (Å²) in [4.78, 5) is 16.9. The third-order valence-corrected chi connectivity index (χ3v) is 5.57. The molecule has 1 amide bonds. The van der Waals surface area contributed by atoms with E-state index in [2.05, 4.69) is 15.5 Å². The van der Waals surface area contributed by atoms with Gasteiger partial charge in [-0.15, -0.1) is 0 Å². The van der Waals surface area contributed by atoms with Crippen LogP contribution in [0.1, 0.15) is 33.4 Å². The quantitative estimate of drug-likeness (QED) is 0.395. The van der Waals surface area contributed by atoms with E-state index >= 15 is 0 Å². The van der Waals surface area contributed by atoms with Gasteiger partial charge >= 0.3 is 0 Å². The van der Waals surface area contributed by atoms with Gasteiger partial charge in [0.2, 0.25) is 0 Å². The van der Waals surface area contributed by atoms with Crippen molar-refractivity contribution in [2.45, 2.75) is 20.0 Å². The van der Waals surface area contributed by atoms with Gasteiger partial charge in [-0.25, -0.2) is 10.4 Å². The Labute approximate surface area is 182 Å². The van der Waals surface area contributed by atoms with Crippen LogP contribution in [0.15, 0.2) is 47.6 Å². The van der Waals surface area contributed by atoms with Gasteiger partial charge in [0.15, 0.2) is 5.13 Å². The van der Waals surface area contributed by atoms with Crippen LogP contribution in [0.2, 0.25) is 10.0 Å². The molecule has 0 spiro atoms. The Balaban J connectivity index is 1.63. The molecule has 0 fully saturated rings. The molecule has 1 aromatic heterocycles. The van der Waals surface area contributed by atoms with Crippen molar-refractivity contribution in [2.75, 3.05) is 5.73 Å². The van der Waals surface area contributed by atoms with E-state index in [4.69, 9.17) is 33.7 Å². The number of nitrogens with zero attached hydrogens (tertiary/aromatic N) is 2. The van der Waals surface area contributed by atoms with Crippen molar-refractivity contribution in [1.82, 2.24) is 10.4 Å². The molecule has 6 nitrogen and oxygen atoms in total. The fraction of sp³-hybridized carbons (Fsp3) is 0.150. The highest BCUT2D eigenvalue weighted by Gasteiger charge is 2.15. The first-order valence-electron chi connectivity index (χ1n) is 8.72. The molecule has 3 rings (SSSR count). The highest BCUT2D eigenvalue weighted by molar-refractivity contribution is 7.17. The van der Waals surface area contributed by atoms with Crippen LogP contribution in [0.25, 0.3) is 0 Å². The molecule has 29 heavy (non-hydrogen) atoms. The number of nitrogen functional groups attached to an aromatic ring is 1. The van der Waals surface area contributed by atoms with Crippen LogP contribution in [0.3, 0.4) is 0 Å². The molecular formula is C20H18Cl2N4O2S. The number of hydrogen-bond acceptors (Lipinski definition) is 6. The number of carbonyl (C=O) groups is 1. The van der Waals surface area contributed by atoms with Crippen molar-refractivity contribution >= 4 is 51.8 Å². The summed E-state index contributed by atoms with van der Waals surface area (Å²) in [5.74, 6) is 0.285. The van der Waals surface area contributed by atoms with Crippen molar-refractivity contribution in [2.24, 2.45) is 5.10 Å². The third kappa shape index (κ3) is 5.47. The largest absolute Gasteiger partial charge is 0.489 e. The van der Waals surface area contributed by atoms with E-state index < -0.39 is 0 Å². The zero-order valence-electron chi connectivity index (χ0n) is 15.5. The maximum absolute atomic E-state index is 12.3. The van der Waals surface area contributed by atoms with E-state index in [-0.39, 0.29) is 12.5 Å². The highest BCUT2D eigenvalue weighted by atomic mass is 35.5. The number of halogens is 2. The van der Waals surface area contributed by atoms with E-state index in [0.29, 0.717) is 37.9 Å². The van der Waals surface area contributed by atoms with Crippen molar-refractivity contribution < 1.29 is 9.53 Å². The summed E-state index contributed by atoms with van der Waals surface area (Å²) < 4.78 is 5.79. The number of anilines is 1. The highest BCUT2D eigenvalue weighted by Crippen LogP contribution is 2.26. The van der Waals surface area contributed by atoms with Crippen LogP contribution in [-0.4, -0.2) is 17.1 Å². The molecule has 0 atom stereocenters. The van der Waals surface area contributed by atoms with E-state index in [0.717, 1.165) is 22.5 Å². The van der Waals surface area contributed by atoms with Crippen LogP contribution in [0, 0.1) is 0 Å². The molecule has 0 unspecified atom stereocenters. The summed E-state index contributed by atoms with van der Waals surface area (Å²) in [6.07, 6.45) is 2.15. The number of thiazole rings is 1. The first kappa shape index (κ1) is 21.1. The monoisotopic (exact) mass is 448 g/mol. The van der Waals surface area contributed by atoms with Gasteiger partial charge in [-0.2, -0.15) is 5.10 Å². The predicted molar refractivity (Wildman–Crippen MR) is 118 cm³/mol. The number of aromatic nitrogens is 1. The van der Waals surface area contributed by atoms with Crippen molar-refractivity contribution in [3.8, 4) is 5.75 Å². The lowest BCUT2D eigenvalue weighted by atomic mass is 10.2. The average Bonchev–Trinajstić information content (AvgIpc) is 3.09. The Bertz CT molecular complexity index is 1030. The normalized spacial score (nSPS) is 11.0. The van der Waals surface area contributed by atoms with Crippen LogP contribution in [-0.2, 0) is 13.0 Å². The van der Waals surface area contributed by atoms with Crippen LogP contribution in [0.4, 0.5) is 5.13 Å². The summed E-state index contributed by atoms with van der Waals surface area (Å²) in [5, 5.41) is 5.46. The maximum Gasteiger partial charge on any atom is 0.283 e. The zero-order chi connectivity index (χ0) is 20.8. The number of hydrazone groups is 1. The molecule has 0 aliphatic rings. The summed E-state index contributed by atoms with van der Waals surface area (Å²) in [6, 6.07) is 12.6. The lowest BCUT2D eigenvalue weighted by molar-refractivity contribution is 0.0958. The molecule has 0 saturated heterocycles. The Morgan fingerprint density at radius 1 is 1.28 bits per heavy atom. The Hall–Kier alpha value is -2.61. The van der Waals surface area contributed by atoms with E-state index in [1.54, 1.807) is 24.3 Å². The van der Waals surface area contributed by atoms with Gasteiger partial charge in [-0.1, -0.05) is 59.7 Å². The summed E-state index contributed by atoms with van der Waals surface area (Å²) in [6.45, 7) is 2.15. The van der Waals surface area contributed by atoms with Gasteiger partial charge in [-0.3, -0.25) is 4.79 Å². The van der Waals surface area contributed by atoms with Crippen molar-refractivity contribution in [1.29, 1.82) is 0 Å². The molecule has 0 bridgehead atoms. The maximum atomic E-state index is 12.3. The van der Waals surface area contributed by atoms with Crippen LogP contribution in [0.5, 0.6) is 5.75 Å². The Morgan fingerprint density at radius 2 is 2.00 bits per heavy atom. The lowest BCUT2D eigenvalue weighted by Gasteiger charge is -2.09. The molecule has 0 saturated carbocycles. The summed E-state index contributed by atoms with van der Waals surface area (Å²) in [7, 11) is 0. The van der Waals surface area contributed by atoms with Gasteiger partial charge < -0.3 is 10.5 Å². The minimum Gasteiger partial charge on any atom is -0.489 e. The molecule has 9 heteroatoms. The molecule has 1 heterocycles. The van der Waals surface area contributed by atoms with Crippen LogP contribution < -0.4 is 15.9 Å². The topological polar surface area (TPSA) is 89.6 Å². The molecule has 2 aromatic carbocycles. The standard InChI is InChI=1S/C20H18Cl2N4O2S/c1-2-17-18(29-20(23)25-17)19(27)26-24-10-12-5-3-6-13(9-12)28-11-14-15(21)7-4-8-16(14)22/h3-10H,2,11H2,1H3,(H2,23,25)(H,26,27). The second-order valence-electron chi connectivity index (χ2n) is 5.94. The van der Waals surface area contributed by atoms with Gasteiger partial charge in [0.25, 0.3) is 5.91 Å². The first-order chi connectivity index (χ1) is 14.0. The number of benzene rings is 2. The minimum atomic E-state index is -0.340. The molecule has 3 aromatic rings. The fourth-order valence-electron chi connectivity index (χ4n) is 2.51. The second kappa shape index (κ2) is 9.73.